The van der Waals surface area contributed by atoms with Gasteiger partial charge < -0.3 is 15.1 Å². The van der Waals surface area contributed by atoms with E-state index in [0.29, 0.717) is 23.9 Å². The van der Waals surface area contributed by atoms with E-state index in [9.17, 15) is 14.4 Å². The molecule has 1 unspecified atom stereocenters. The Kier molecular flexibility index (Phi) is 4.57. The van der Waals surface area contributed by atoms with Gasteiger partial charge in [-0.3, -0.25) is 19.7 Å². The van der Waals surface area contributed by atoms with Crippen LogP contribution in [0.2, 0.25) is 0 Å². The van der Waals surface area contributed by atoms with Gasteiger partial charge in [-0.2, -0.15) is 0 Å². The molecule has 7 heteroatoms. The lowest BCUT2D eigenvalue weighted by Gasteiger charge is -2.45. The van der Waals surface area contributed by atoms with Crippen molar-refractivity contribution in [1.82, 2.24) is 15.5 Å². The number of imide groups is 1. The fourth-order valence-corrected chi connectivity index (χ4v) is 5.45. The van der Waals surface area contributed by atoms with E-state index in [4.69, 9.17) is 0 Å². The molecular formula is C22H28N4O3. The minimum Gasteiger partial charge on any atom is -0.371 e. The normalized spacial score (nSPS) is 26.6. The lowest BCUT2D eigenvalue weighted by atomic mass is 9.71. The third-order valence-corrected chi connectivity index (χ3v) is 7.36. The fourth-order valence-electron chi connectivity index (χ4n) is 5.45. The van der Waals surface area contributed by atoms with Gasteiger partial charge in [0.05, 0.1) is 0 Å². The third-order valence-electron chi connectivity index (χ3n) is 7.36. The first kappa shape index (κ1) is 18.6. The smallest absolute Gasteiger partial charge is 0.255 e. The van der Waals surface area contributed by atoms with Crippen LogP contribution in [-0.2, 0) is 16.1 Å². The summed E-state index contributed by atoms with van der Waals surface area (Å²) >= 11 is 0. The Bertz CT molecular complexity index is 852. The molecule has 1 aromatic rings. The maximum Gasteiger partial charge on any atom is 0.255 e. The van der Waals surface area contributed by atoms with Crippen LogP contribution in [0.25, 0.3) is 0 Å². The number of nitrogens with one attached hydrogen (secondary N) is 2. The van der Waals surface area contributed by atoms with E-state index < -0.39 is 6.04 Å². The summed E-state index contributed by atoms with van der Waals surface area (Å²) in [5.41, 5.74) is 3.35. The molecule has 0 aliphatic carbocycles. The number of rotatable bonds is 2. The van der Waals surface area contributed by atoms with Gasteiger partial charge in [0.1, 0.15) is 6.04 Å². The Morgan fingerprint density at radius 2 is 1.76 bits per heavy atom. The van der Waals surface area contributed by atoms with Crippen molar-refractivity contribution in [3.05, 3.63) is 29.3 Å². The zero-order valence-electron chi connectivity index (χ0n) is 16.7. The van der Waals surface area contributed by atoms with Crippen LogP contribution in [0.5, 0.6) is 0 Å². The second-order valence-corrected chi connectivity index (χ2v) is 8.98. The molecular weight excluding hydrogens is 368 g/mol. The SMILES string of the molecule is O=C1CCC(N2Cc3cc(N4CCC5(CCNCC5)CC4)ccc3C2=O)C(=O)N1. The minimum atomic E-state index is -0.550. The molecule has 3 amide bonds. The number of fused-ring (bicyclic) bond motifs is 1. The molecule has 1 aromatic carbocycles. The van der Waals surface area contributed by atoms with E-state index in [1.54, 1.807) is 4.90 Å². The first-order valence-corrected chi connectivity index (χ1v) is 10.8. The largest absolute Gasteiger partial charge is 0.371 e. The van der Waals surface area contributed by atoms with Crippen LogP contribution < -0.4 is 15.5 Å². The second kappa shape index (κ2) is 7.13. The molecule has 3 fully saturated rings. The number of hydrogen-bond donors (Lipinski definition) is 2. The Morgan fingerprint density at radius 3 is 2.48 bits per heavy atom. The number of anilines is 1. The molecule has 7 nitrogen and oxygen atoms in total. The summed E-state index contributed by atoms with van der Waals surface area (Å²) in [6.07, 6.45) is 5.70. The number of nitrogens with zero attached hydrogens (tertiary/aromatic N) is 2. The summed E-state index contributed by atoms with van der Waals surface area (Å²) in [5, 5.41) is 5.83. The summed E-state index contributed by atoms with van der Waals surface area (Å²) in [6.45, 7) is 4.83. The van der Waals surface area contributed by atoms with Crippen LogP contribution in [0.3, 0.4) is 0 Å². The molecule has 0 saturated carbocycles. The Balaban J connectivity index is 1.29. The Labute approximate surface area is 170 Å². The van der Waals surface area contributed by atoms with Crippen molar-refractivity contribution >= 4 is 23.4 Å². The van der Waals surface area contributed by atoms with Crippen molar-refractivity contribution in [2.45, 2.75) is 51.1 Å². The van der Waals surface area contributed by atoms with Crippen LogP contribution in [0.4, 0.5) is 5.69 Å². The van der Waals surface area contributed by atoms with Crippen molar-refractivity contribution in [3.63, 3.8) is 0 Å². The molecule has 4 aliphatic heterocycles. The predicted octanol–water partition coefficient (Wildman–Crippen LogP) is 1.42. The number of piperidine rings is 3. The van der Waals surface area contributed by atoms with E-state index in [1.165, 1.54) is 31.4 Å². The van der Waals surface area contributed by atoms with Gasteiger partial charge in [-0.25, -0.2) is 0 Å². The highest BCUT2D eigenvalue weighted by molar-refractivity contribution is 6.05. The number of carbonyl (C=O) groups is 3. The van der Waals surface area contributed by atoms with Gasteiger partial charge >= 0.3 is 0 Å². The highest BCUT2D eigenvalue weighted by Gasteiger charge is 2.40. The van der Waals surface area contributed by atoms with Crippen molar-refractivity contribution in [1.29, 1.82) is 0 Å². The number of amides is 3. The zero-order valence-corrected chi connectivity index (χ0v) is 16.7. The summed E-state index contributed by atoms with van der Waals surface area (Å²) in [7, 11) is 0. The molecule has 29 heavy (non-hydrogen) atoms. The highest BCUT2D eigenvalue weighted by atomic mass is 16.2. The molecule has 0 radical (unpaired) electrons. The molecule has 1 spiro atoms. The van der Waals surface area contributed by atoms with E-state index in [1.807, 2.05) is 12.1 Å². The van der Waals surface area contributed by atoms with Gasteiger partial charge in [-0.15, -0.1) is 0 Å². The molecule has 4 aliphatic rings. The van der Waals surface area contributed by atoms with Crippen LogP contribution in [-0.4, -0.2) is 54.8 Å². The third kappa shape index (κ3) is 3.31. The van der Waals surface area contributed by atoms with Crippen LogP contribution in [0.15, 0.2) is 18.2 Å². The van der Waals surface area contributed by atoms with Gasteiger partial charge in [0, 0.05) is 37.3 Å². The molecule has 5 rings (SSSR count). The molecule has 1 atom stereocenters. The molecule has 4 heterocycles. The lowest BCUT2D eigenvalue weighted by molar-refractivity contribution is -0.136. The summed E-state index contributed by atoms with van der Waals surface area (Å²) in [5.74, 6) is -0.714. The maximum atomic E-state index is 12.9. The van der Waals surface area contributed by atoms with Crippen LogP contribution >= 0.6 is 0 Å². The van der Waals surface area contributed by atoms with Gasteiger partial charge in [0.25, 0.3) is 5.91 Å². The van der Waals surface area contributed by atoms with E-state index >= 15 is 0 Å². The van der Waals surface area contributed by atoms with E-state index in [-0.39, 0.29) is 24.1 Å². The number of hydrogen-bond acceptors (Lipinski definition) is 5. The average molecular weight is 396 g/mol. The predicted molar refractivity (Wildman–Crippen MR) is 108 cm³/mol. The highest BCUT2D eigenvalue weighted by Crippen LogP contribution is 2.41. The maximum absolute atomic E-state index is 12.9. The molecule has 0 aromatic heterocycles. The van der Waals surface area contributed by atoms with Crippen molar-refractivity contribution in [3.8, 4) is 0 Å². The van der Waals surface area contributed by atoms with Gasteiger partial charge in [-0.05, 0) is 74.4 Å². The number of carbonyl (C=O) groups excluding carboxylic acids is 3. The molecule has 2 N–H and O–H groups in total. The lowest BCUT2D eigenvalue weighted by Crippen LogP contribution is -2.52. The van der Waals surface area contributed by atoms with Gasteiger partial charge in [-0.1, -0.05) is 0 Å². The van der Waals surface area contributed by atoms with E-state index in [0.717, 1.165) is 31.7 Å². The van der Waals surface area contributed by atoms with Crippen LogP contribution in [0.1, 0.15) is 54.4 Å². The van der Waals surface area contributed by atoms with Crippen molar-refractivity contribution in [2.75, 3.05) is 31.1 Å². The Morgan fingerprint density at radius 1 is 1.00 bits per heavy atom. The summed E-state index contributed by atoms with van der Waals surface area (Å²) in [4.78, 5) is 40.5. The Hall–Kier alpha value is -2.41. The topological polar surface area (TPSA) is 81.8 Å². The van der Waals surface area contributed by atoms with E-state index in [2.05, 4.69) is 21.6 Å². The number of benzene rings is 1. The summed E-state index contributed by atoms with van der Waals surface area (Å²) in [6, 6.07) is 5.53. The standard InChI is InChI=1S/C22H28N4O3/c27-19-4-3-18(20(28)24-19)26-14-15-13-16(1-2-17(15)21(26)29)25-11-7-22(8-12-25)5-9-23-10-6-22/h1-2,13,18,23H,3-12,14H2,(H,24,27,28). The summed E-state index contributed by atoms with van der Waals surface area (Å²) < 4.78 is 0. The monoisotopic (exact) mass is 396 g/mol. The molecule has 0 bridgehead atoms. The fraction of sp³-hybridized carbons (Fsp3) is 0.591. The first-order valence-electron chi connectivity index (χ1n) is 10.8. The quantitative estimate of drug-likeness (QED) is 0.739. The second-order valence-electron chi connectivity index (χ2n) is 8.98. The van der Waals surface area contributed by atoms with Gasteiger partial charge in [0.15, 0.2) is 0 Å². The molecule has 154 valence electrons. The average Bonchev–Trinajstić information content (AvgIpc) is 3.05. The van der Waals surface area contributed by atoms with Crippen molar-refractivity contribution < 1.29 is 14.4 Å². The zero-order chi connectivity index (χ0) is 20.0. The minimum absolute atomic E-state index is 0.103. The van der Waals surface area contributed by atoms with Crippen LogP contribution in [0, 0.1) is 5.41 Å². The van der Waals surface area contributed by atoms with Crippen molar-refractivity contribution in [2.24, 2.45) is 5.41 Å². The first-order chi connectivity index (χ1) is 14.0. The van der Waals surface area contributed by atoms with Gasteiger partial charge in [0.2, 0.25) is 11.8 Å². The molecule has 3 saturated heterocycles.